The Balaban J connectivity index is 1.73. The van der Waals surface area contributed by atoms with Crippen LogP contribution in [0.5, 0.6) is 0 Å². The number of ether oxygens (including phenoxy) is 1. The molecule has 1 aliphatic carbocycles. The Bertz CT molecular complexity index is 850. The molecule has 1 aromatic heterocycles. The van der Waals surface area contributed by atoms with Crippen LogP contribution in [-0.4, -0.2) is 34.7 Å². The zero-order valence-corrected chi connectivity index (χ0v) is 16.3. The summed E-state index contributed by atoms with van der Waals surface area (Å²) in [7, 11) is 0. The molecule has 2 amide bonds. The van der Waals surface area contributed by atoms with Crippen molar-refractivity contribution in [2.45, 2.75) is 51.7 Å². The molecule has 144 valence electrons. The Hall–Kier alpha value is -2.63. The molecule has 0 radical (unpaired) electrons. The number of nitrogens with zero attached hydrogens (tertiary/aromatic N) is 1. The highest BCUT2D eigenvalue weighted by Gasteiger charge is 2.43. The van der Waals surface area contributed by atoms with Crippen LogP contribution in [0.15, 0.2) is 36.5 Å². The minimum absolute atomic E-state index is 0.229. The molecular formula is C21H27N3O3. The lowest BCUT2D eigenvalue weighted by molar-refractivity contribution is 0.0502. The number of aromatic nitrogens is 1. The Morgan fingerprint density at radius 1 is 1.15 bits per heavy atom. The van der Waals surface area contributed by atoms with E-state index in [0.29, 0.717) is 18.2 Å². The highest BCUT2D eigenvalue weighted by Crippen LogP contribution is 2.39. The summed E-state index contributed by atoms with van der Waals surface area (Å²) in [5.74, 6) is 0.0959. The van der Waals surface area contributed by atoms with Crippen LogP contribution in [0.25, 0.3) is 10.8 Å². The predicted molar refractivity (Wildman–Crippen MR) is 105 cm³/mol. The topological polar surface area (TPSA) is 80.3 Å². The molecule has 6 nitrogen and oxygen atoms in total. The van der Waals surface area contributed by atoms with Crippen LogP contribution in [-0.2, 0) is 4.74 Å². The molecule has 2 N–H and O–H groups in total. The lowest BCUT2D eigenvalue weighted by Gasteiger charge is -2.32. The molecular weight excluding hydrogens is 342 g/mol. The van der Waals surface area contributed by atoms with Gasteiger partial charge >= 0.3 is 6.09 Å². The average Bonchev–Trinajstić information content (AvgIpc) is 3.43. The number of amides is 2. The van der Waals surface area contributed by atoms with Crippen molar-refractivity contribution < 1.29 is 14.3 Å². The summed E-state index contributed by atoms with van der Waals surface area (Å²) in [4.78, 5) is 29.3. The zero-order chi connectivity index (χ0) is 19.7. The maximum absolute atomic E-state index is 13.0. The molecule has 1 saturated carbocycles. The second kappa shape index (κ2) is 7.18. The van der Waals surface area contributed by atoms with Gasteiger partial charge in [-0.1, -0.05) is 24.3 Å². The first kappa shape index (κ1) is 19.1. The van der Waals surface area contributed by atoms with Crippen molar-refractivity contribution in [3.05, 3.63) is 42.2 Å². The van der Waals surface area contributed by atoms with Crippen LogP contribution < -0.4 is 10.6 Å². The van der Waals surface area contributed by atoms with E-state index in [9.17, 15) is 9.59 Å². The number of nitrogens with one attached hydrogen (secondary N) is 2. The SMILES string of the molecule is CC(C)(C)OC(=O)NCC(C)(NC(=O)c1nccc2ccccc12)C1CC1. The van der Waals surface area contributed by atoms with Gasteiger partial charge in [-0.3, -0.25) is 9.78 Å². The number of alkyl carbamates (subject to hydrolysis) is 1. The normalized spacial score (nSPS) is 16.4. The fraction of sp³-hybridized carbons (Fsp3) is 0.476. The molecule has 27 heavy (non-hydrogen) atoms. The number of pyridine rings is 1. The van der Waals surface area contributed by atoms with E-state index in [1.807, 2.05) is 58.0 Å². The molecule has 0 spiro atoms. The number of carbonyl (C=O) groups is 2. The van der Waals surface area contributed by atoms with E-state index in [2.05, 4.69) is 15.6 Å². The summed E-state index contributed by atoms with van der Waals surface area (Å²) in [6.45, 7) is 7.73. The molecule has 1 aromatic carbocycles. The van der Waals surface area contributed by atoms with Crippen molar-refractivity contribution >= 4 is 22.8 Å². The maximum Gasteiger partial charge on any atom is 0.407 e. The van der Waals surface area contributed by atoms with Crippen LogP contribution in [0.4, 0.5) is 4.79 Å². The van der Waals surface area contributed by atoms with Crippen LogP contribution in [0.2, 0.25) is 0 Å². The van der Waals surface area contributed by atoms with E-state index in [1.54, 1.807) is 6.20 Å². The smallest absolute Gasteiger partial charge is 0.407 e. The highest BCUT2D eigenvalue weighted by molar-refractivity contribution is 6.05. The minimum Gasteiger partial charge on any atom is -0.444 e. The molecule has 3 rings (SSSR count). The van der Waals surface area contributed by atoms with Crippen molar-refractivity contribution in [2.75, 3.05) is 6.54 Å². The Morgan fingerprint density at radius 3 is 2.52 bits per heavy atom. The standard InChI is InChI=1S/C21H27N3O3/c1-20(2,3)27-19(26)23-13-21(4,15-9-10-15)24-18(25)17-16-8-6-5-7-14(16)11-12-22-17/h5-8,11-12,15H,9-10,13H2,1-4H3,(H,23,26)(H,24,25). The van der Waals surface area contributed by atoms with Crippen LogP contribution in [0.3, 0.4) is 0 Å². The largest absolute Gasteiger partial charge is 0.444 e. The highest BCUT2D eigenvalue weighted by atomic mass is 16.6. The summed E-state index contributed by atoms with van der Waals surface area (Å²) in [6, 6.07) is 9.56. The Morgan fingerprint density at radius 2 is 1.85 bits per heavy atom. The number of hydrogen-bond acceptors (Lipinski definition) is 4. The quantitative estimate of drug-likeness (QED) is 0.843. The van der Waals surface area contributed by atoms with Gasteiger partial charge in [-0.2, -0.15) is 0 Å². The van der Waals surface area contributed by atoms with Gasteiger partial charge in [-0.25, -0.2) is 4.79 Å². The third-order valence-corrected chi connectivity index (χ3v) is 4.77. The molecule has 2 aromatic rings. The fourth-order valence-corrected chi connectivity index (χ4v) is 3.20. The van der Waals surface area contributed by atoms with Gasteiger partial charge in [0.2, 0.25) is 0 Å². The third-order valence-electron chi connectivity index (χ3n) is 4.77. The lowest BCUT2D eigenvalue weighted by Crippen LogP contribution is -2.55. The van der Waals surface area contributed by atoms with E-state index in [0.717, 1.165) is 23.6 Å². The van der Waals surface area contributed by atoms with Crippen molar-refractivity contribution in [1.82, 2.24) is 15.6 Å². The van der Waals surface area contributed by atoms with Gasteiger partial charge in [0.1, 0.15) is 11.3 Å². The second-order valence-electron chi connectivity index (χ2n) is 8.38. The van der Waals surface area contributed by atoms with Crippen molar-refractivity contribution in [3.8, 4) is 0 Å². The van der Waals surface area contributed by atoms with E-state index in [4.69, 9.17) is 4.74 Å². The number of carbonyl (C=O) groups excluding carboxylic acids is 2. The number of fused-ring (bicyclic) bond motifs is 1. The van der Waals surface area contributed by atoms with E-state index in [1.165, 1.54) is 0 Å². The van der Waals surface area contributed by atoms with Crippen molar-refractivity contribution in [3.63, 3.8) is 0 Å². The van der Waals surface area contributed by atoms with Gasteiger partial charge in [0.25, 0.3) is 5.91 Å². The number of hydrogen-bond donors (Lipinski definition) is 2. The van der Waals surface area contributed by atoms with E-state index in [-0.39, 0.29) is 5.91 Å². The molecule has 1 unspecified atom stereocenters. The Kier molecular flexibility index (Phi) is 5.09. The number of benzene rings is 1. The van der Waals surface area contributed by atoms with Crippen LogP contribution in [0.1, 0.15) is 51.0 Å². The van der Waals surface area contributed by atoms with Gasteiger partial charge in [0, 0.05) is 18.1 Å². The first-order valence-corrected chi connectivity index (χ1v) is 9.31. The molecule has 1 heterocycles. The minimum atomic E-state index is -0.559. The fourth-order valence-electron chi connectivity index (χ4n) is 3.20. The summed E-state index contributed by atoms with van der Waals surface area (Å²) in [5, 5.41) is 7.69. The summed E-state index contributed by atoms with van der Waals surface area (Å²) in [5.41, 5.74) is -0.708. The van der Waals surface area contributed by atoms with Crippen LogP contribution in [0, 0.1) is 5.92 Å². The van der Waals surface area contributed by atoms with Gasteiger partial charge in [-0.15, -0.1) is 0 Å². The first-order valence-electron chi connectivity index (χ1n) is 9.31. The third kappa shape index (κ3) is 4.76. The lowest BCUT2D eigenvalue weighted by atomic mass is 9.95. The summed E-state index contributed by atoms with van der Waals surface area (Å²) in [6.07, 6.45) is 3.21. The average molecular weight is 369 g/mol. The van der Waals surface area contributed by atoms with Crippen molar-refractivity contribution in [1.29, 1.82) is 0 Å². The van der Waals surface area contributed by atoms with Crippen molar-refractivity contribution in [2.24, 2.45) is 5.92 Å². The van der Waals surface area contributed by atoms with Gasteiger partial charge in [0.15, 0.2) is 0 Å². The summed E-state index contributed by atoms with van der Waals surface area (Å²) >= 11 is 0. The number of rotatable bonds is 5. The zero-order valence-electron chi connectivity index (χ0n) is 16.3. The maximum atomic E-state index is 13.0. The predicted octanol–water partition coefficient (Wildman–Crippen LogP) is 3.66. The monoisotopic (exact) mass is 369 g/mol. The first-order chi connectivity index (χ1) is 12.7. The molecule has 6 heteroatoms. The Labute approximate surface area is 159 Å². The molecule has 0 bridgehead atoms. The molecule has 1 atom stereocenters. The van der Waals surface area contributed by atoms with Crippen LogP contribution >= 0.6 is 0 Å². The molecule has 0 saturated heterocycles. The molecule has 1 aliphatic rings. The molecule has 0 aliphatic heterocycles. The molecule has 1 fully saturated rings. The summed E-state index contributed by atoms with van der Waals surface area (Å²) < 4.78 is 5.31. The van der Waals surface area contributed by atoms with Gasteiger partial charge < -0.3 is 15.4 Å². The van der Waals surface area contributed by atoms with E-state index >= 15 is 0 Å². The van der Waals surface area contributed by atoms with E-state index < -0.39 is 17.2 Å². The van der Waals surface area contributed by atoms with Gasteiger partial charge in [-0.05, 0) is 57.9 Å². The second-order valence-corrected chi connectivity index (χ2v) is 8.38. The van der Waals surface area contributed by atoms with Gasteiger partial charge in [0.05, 0.1) is 5.54 Å².